The largest absolute Gasteiger partial charge is 0.466 e. The van der Waals surface area contributed by atoms with Crippen molar-refractivity contribution in [2.24, 2.45) is 0 Å². The predicted molar refractivity (Wildman–Crippen MR) is 301 cm³/mol. The summed E-state index contributed by atoms with van der Waals surface area (Å²) in [5.74, 6) is -0.0385. The first-order valence-corrected chi connectivity index (χ1v) is 30.7. The highest BCUT2D eigenvalue weighted by Crippen LogP contribution is 2.17. The molecule has 0 aliphatic carbocycles. The Morgan fingerprint density at radius 3 is 1.14 bits per heavy atom. The number of aliphatic hydroxyl groups excluding tert-OH is 2. The van der Waals surface area contributed by atoms with Gasteiger partial charge >= 0.3 is 5.97 Å². The molecule has 0 aromatic heterocycles. The Bertz CT molecular complexity index is 1120. The molecule has 2 unspecified atom stereocenters. The van der Waals surface area contributed by atoms with Gasteiger partial charge in [0.1, 0.15) is 0 Å². The Hall–Kier alpha value is -1.92. The van der Waals surface area contributed by atoms with Crippen molar-refractivity contribution in [2.45, 2.75) is 341 Å². The lowest BCUT2D eigenvalue weighted by Crippen LogP contribution is -2.45. The first-order chi connectivity index (χ1) is 34.0. The van der Waals surface area contributed by atoms with Crippen LogP contribution in [0, 0.1) is 0 Å². The number of aliphatic hydroxyl groups is 2. The lowest BCUT2D eigenvalue weighted by molar-refractivity contribution is -0.143. The molecule has 0 heterocycles. The van der Waals surface area contributed by atoms with Crippen molar-refractivity contribution in [1.29, 1.82) is 0 Å². The van der Waals surface area contributed by atoms with E-state index in [4.69, 9.17) is 4.74 Å². The molecule has 0 aromatic rings. The summed E-state index contributed by atoms with van der Waals surface area (Å²) in [5, 5.41) is 23.2. The maximum atomic E-state index is 12.5. The van der Waals surface area contributed by atoms with E-state index in [-0.39, 0.29) is 18.5 Å². The van der Waals surface area contributed by atoms with E-state index in [0.717, 1.165) is 51.4 Å². The minimum atomic E-state index is -0.668. The summed E-state index contributed by atoms with van der Waals surface area (Å²) < 4.78 is 5.49. The lowest BCUT2D eigenvalue weighted by Gasteiger charge is -2.22. The number of hydrogen-bond acceptors (Lipinski definition) is 5. The number of ether oxygens (including phenoxy) is 1. The van der Waals surface area contributed by atoms with E-state index in [0.29, 0.717) is 25.9 Å². The van der Waals surface area contributed by atoms with Crippen LogP contribution in [0.3, 0.4) is 0 Å². The van der Waals surface area contributed by atoms with E-state index < -0.39 is 12.1 Å². The molecule has 6 nitrogen and oxygen atoms in total. The van der Waals surface area contributed by atoms with Crippen LogP contribution >= 0.6 is 0 Å². The van der Waals surface area contributed by atoms with E-state index in [1.165, 1.54) is 244 Å². The Morgan fingerprint density at radius 1 is 0.406 bits per heavy atom. The molecule has 0 spiro atoms. The second-order valence-corrected chi connectivity index (χ2v) is 21.0. The Morgan fingerprint density at radius 2 is 0.725 bits per heavy atom. The van der Waals surface area contributed by atoms with Crippen LogP contribution in [0.4, 0.5) is 0 Å². The van der Waals surface area contributed by atoms with Crippen LogP contribution in [0.2, 0.25) is 0 Å². The molecule has 0 saturated carbocycles. The molecule has 2 atom stereocenters. The average Bonchev–Trinajstić information content (AvgIpc) is 3.35. The molecule has 6 heteroatoms. The number of unbranched alkanes of at least 4 members (excludes halogenated alkanes) is 40. The number of allylic oxidation sites excluding steroid dienone is 6. The van der Waals surface area contributed by atoms with Crippen LogP contribution < -0.4 is 5.32 Å². The molecule has 0 aliphatic heterocycles. The highest BCUT2D eigenvalue weighted by Gasteiger charge is 2.20. The van der Waals surface area contributed by atoms with E-state index in [9.17, 15) is 19.8 Å². The minimum absolute atomic E-state index is 0.00445. The second kappa shape index (κ2) is 58.6. The van der Waals surface area contributed by atoms with Crippen LogP contribution in [0.1, 0.15) is 328 Å². The fourth-order valence-electron chi connectivity index (χ4n) is 9.43. The van der Waals surface area contributed by atoms with Gasteiger partial charge in [0.25, 0.3) is 0 Å². The number of amides is 1. The maximum absolute atomic E-state index is 12.5. The van der Waals surface area contributed by atoms with Gasteiger partial charge in [-0.1, -0.05) is 269 Å². The van der Waals surface area contributed by atoms with Gasteiger partial charge in [-0.3, -0.25) is 9.59 Å². The van der Waals surface area contributed by atoms with Crippen molar-refractivity contribution in [3.8, 4) is 0 Å². The van der Waals surface area contributed by atoms with E-state index in [1.54, 1.807) is 0 Å². The zero-order chi connectivity index (χ0) is 50.0. The normalized spacial score (nSPS) is 12.8. The number of carbonyl (C=O) groups excluding carboxylic acids is 2. The summed E-state index contributed by atoms with van der Waals surface area (Å²) in [4.78, 5) is 24.5. The molecule has 0 bridgehead atoms. The van der Waals surface area contributed by atoms with Gasteiger partial charge in [0.15, 0.2) is 0 Å². The molecule has 0 saturated heterocycles. The molecule has 0 rings (SSSR count). The quantitative estimate of drug-likeness (QED) is 0.0321. The minimum Gasteiger partial charge on any atom is -0.466 e. The van der Waals surface area contributed by atoms with E-state index >= 15 is 0 Å². The standard InChI is InChI=1S/C63H119NO5/c1-3-5-7-9-11-13-15-17-18-19-23-27-30-33-37-41-45-49-53-57-63(68)69-58-54-50-46-42-38-34-31-28-25-22-20-21-24-26-29-32-36-40-44-48-52-56-62(67)64-60(59-65)61(66)55-51-47-43-39-35-16-14-12-10-8-6-4-2/h11,13,17-18,21,24,60-61,65-66H,3-10,12,14-16,19-20,22-23,25-59H2,1-2H3,(H,64,67)/b13-11-,18-17-,24-21-. The number of carbonyl (C=O) groups is 2. The predicted octanol–water partition coefficient (Wildman–Crippen LogP) is 19.2. The average molecular weight is 971 g/mol. The van der Waals surface area contributed by atoms with Gasteiger partial charge in [0.05, 0.1) is 25.4 Å². The lowest BCUT2D eigenvalue weighted by atomic mass is 10.0. The van der Waals surface area contributed by atoms with Gasteiger partial charge in [-0.2, -0.15) is 0 Å². The van der Waals surface area contributed by atoms with Gasteiger partial charge in [-0.15, -0.1) is 0 Å². The first-order valence-electron chi connectivity index (χ1n) is 30.7. The Labute approximate surface area is 430 Å². The topological polar surface area (TPSA) is 95.9 Å². The molecule has 0 aromatic carbocycles. The SMILES string of the molecule is CCCCC/C=C\C/C=C\CCCCCCCCCCCC(=O)OCCCCCCCCCCCC/C=C\CCCCCCCCCC(=O)NC(CO)C(O)CCCCCCCCCCCCCC. The molecular formula is C63H119NO5. The van der Waals surface area contributed by atoms with Crippen LogP contribution in [-0.4, -0.2) is 47.4 Å². The monoisotopic (exact) mass is 970 g/mol. The summed E-state index contributed by atoms with van der Waals surface area (Å²) >= 11 is 0. The van der Waals surface area contributed by atoms with Crippen molar-refractivity contribution >= 4 is 11.9 Å². The molecule has 1 amide bonds. The highest BCUT2D eigenvalue weighted by atomic mass is 16.5. The first kappa shape index (κ1) is 67.1. The smallest absolute Gasteiger partial charge is 0.305 e. The number of rotatable bonds is 57. The highest BCUT2D eigenvalue weighted by molar-refractivity contribution is 5.76. The Kier molecular flexibility index (Phi) is 57.0. The van der Waals surface area contributed by atoms with Crippen LogP contribution in [0.25, 0.3) is 0 Å². The van der Waals surface area contributed by atoms with Crippen LogP contribution in [0.15, 0.2) is 36.5 Å². The fourth-order valence-corrected chi connectivity index (χ4v) is 9.43. The van der Waals surface area contributed by atoms with Crippen molar-refractivity contribution in [1.82, 2.24) is 5.32 Å². The second-order valence-electron chi connectivity index (χ2n) is 21.0. The van der Waals surface area contributed by atoms with Crippen molar-refractivity contribution < 1.29 is 24.5 Å². The van der Waals surface area contributed by atoms with Gasteiger partial charge in [-0.05, 0) is 83.5 Å². The van der Waals surface area contributed by atoms with Gasteiger partial charge in [0.2, 0.25) is 5.91 Å². The molecule has 406 valence electrons. The molecule has 0 radical (unpaired) electrons. The van der Waals surface area contributed by atoms with Gasteiger partial charge < -0.3 is 20.3 Å². The van der Waals surface area contributed by atoms with E-state index in [1.807, 2.05) is 0 Å². The third kappa shape index (κ3) is 55.2. The Balaban J connectivity index is 3.40. The fraction of sp³-hybridized carbons (Fsp3) is 0.873. The third-order valence-corrected chi connectivity index (χ3v) is 14.2. The van der Waals surface area contributed by atoms with Crippen molar-refractivity contribution in [2.75, 3.05) is 13.2 Å². The zero-order valence-electron chi connectivity index (χ0n) is 46.3. The van der Waals surface area contributed by atoms with E-state index in [2.05, 4.69) is 55.6 Å². The number of hydrogen-bond donors (Lipinski definition) is 3. The summed E-state index contributed by atoms with van der Waals surface area (Å²) in [6, 6.07) is -0.546. The molecule has 0 fully saturated rings. The van der Waals surface area contributed by atoms with Crippen molar-refractivity contribution in [3.63, 3.8) is 0 Å². The van der Waals surface area contributed by atoms with Crippen LogP contribution in [0.5, 0.6) is 0 Å². The van der Waals surface area contributed by atoms with Gasteiger partial charge in [-0.25, -0.2) is 0 Å². The maximum Gasteiger partial charge on any atom is 0.305 e. The molecular weight excluding hydrogens is 851 g/mol. The molecule has 69 heavy (non-hydrogen) atoms. The number of nitrogens with one attached hydrogen (secondary N) is 1. The number of esters is 1. The summed E-state index contributed by atoms with van der Waals surface area (Å²) in [7, 11) is 0. The summed E-state index contributed by atoms with van der Waals surface area (Å²) in [5.41, 5.74) is 0. The zero-order valence-corrected chi connectivity index (χ0v) is 46.3. The van der Waals surface area contributed by atoms with Crippen LogP contribution in [-0.2, 0) is 14.3 Å². The summed E-state index contributed by atoms with van der Waals surface area (Å²) in [6.45, 7) is 4.92. The third-order valence-electron chi connectivity index (χ3n) is 14.2. The van der Waals surface area contributed by atoms with Gasteiger partial charge in [0, 0.05) is 12.8 Å². The molecule has 0 aliphatic rings. The summed E-state index contributed by atoms with van der Waals surface area (Å²) in [6.07, 6.45) is 72.9. The van der Waals surface area contributed by atoms with Crippen molar-refractivity contribution in [3.05, 3.63) is 36.5 Å². The molecule has 3 N–H and O–H groups in total.